The van der Waals surface area contributed by atoms with Gasteiger partial charge < -0.3 is 10.6 Å². The summed E-state index contributed by atoms with van der Waals surface area (Å²) in [4.78, 5) is 15.8. The molecule has 0 radical (unpaired) electrons. The highest BCUT2D eigenvalue weighted by molar-refractivity contribution is 5.94. The summed E-state index contributed by atoms with van der Waals surface area (Å²) >= 11 is 0. The molecule has 0 bridgehead atoms. The standard InChI is InChI=1S/C13H21N3O/c1-4-6-15-13(17)11-7-12(9-14-8-11)16-10(3)5-2/h7-10,16H,4-6H2,1-3H3,(H,15,17). The first-order chi connectivity index (χ1) is 8.17. The molecule has 17 heavy (non-hydrogen) atoms. The van der Waals surface area contributed by atoms with Crippen LogP contribution in [0.4, 0.5) is 5.69 Å². The molecule has 4 heteroatoms. The van der Waals surface area contributed by atoms with Gasteiger partial charge in [-0.25, -0.2) is 0 Å². The van der Waals surface area contributed by atoms with Gasteiger partial charge in [0, 0.05) is 25.0 Å². The molecular formula is C13H21N3O. The van der Waals surface area contributed by atoms with Gasteiger partial charge in [-0.05, 0) is 25.8 Å². The van der Waals surface area contributed by atoms with Gasteiger partial charge in [0.1, 0.15) is 0 Å². The second-order valence-corrected chi connectivity index (χ2v) is 4.17. The van der Waals surface area contributed by atoms with Crippen LogP contribution in [0.2, 0.25) is 0 Å². The van der Waals surface area contributed by atoms with Crippen LogP contribution in [0.5, 0.6) is 0 Å². The molecule has 0 saturated carbocycles. The van der Waals surface area contributed by atoms with Crippen LogP contribution in [-0.2, 0) is 0 Å². The van der Waals surface area contributed by atoms with Crippen molar-refractivity contribution in [3.63, 3.8) is 0 Å². The predicted octanol–water partition coefficient (Wildman–Crippen LogP) is 2.43. The van der Waals surface area contributed by atoms with Crippen molar-refractivity contribution in [1.82, 2.24) is 10.3 Å². The van der Waals surface area contributed by atoms with Crippen LogP contribution < -0.4 is 10.6 Å². The molecule has 0 saturated heterocycles. The third-order valence-electron chi connectivity index (χ3n) is 2.56. The number of rotatable bonds is 6. The van der Waals surface area contributed by atoms with Crippen molar-refractivity contribution in [3.8, 4) is 0 Å². The number of pyridine rings is 1. The smallest absolute Gasteiger partial charge is 0.252 e. The number of aromatic nitrogens is 1. The van der Waals surface area contributed by atoms with Gasteiger partial charge >= 0.3 is 0 Å². The number of anilines is 1. The monoisotopic (exact) mass is 235 g/mol. The lowest BCUT2D eigenvalue weighted by atomic mass is 10.2. The number of carbonyl (C=O) groups is 1. The second-order valence-electron chi connectivity index (χ2n) is 4.17. The molecule has 2 N–H and O–H groups in total. The molecule has 1 atom stereocenters. The first-order valence-electron chi connectivity index (χ1n) is 6.17. The molecular weight excluding hydrogens is 214 g/mol. The fraction of sp³-hybridized carbons (Fsp3) is 0.538. The Balaban J connectivity index is 2.68. The fourth-order valence-corrected chi connectivity index (χ4v) is 1.37. The molecule has 0 aliphatic heterocycles. The van der Waals surface area contributed by atoms with E-state index in [4.69, 9.17) is 0 Å². The number of hydrogen-bond acceptors (Lipinski definition) is 3. The van der Waals surface area contributed by atoms with Crippen molar-refractivity contribution in [3.05, 3.63) is 24.0 Å². The lowest BCUT2D eigenvalue weighted by Crippen LogP contribution is -2.24. The molecule has 0 aromatic carbocycles. The topological polar surface area (TPSA) is 54.0 Å². The van der Waals surface area contributed by atoms with E-state index in [9.17, 15) is 4.79 Å². The van der Waals surface area contributed by atoms with Crippen LogP contribution in [0.3, 0.4) is 0 Å². The first-order valence-corrected chi connectivity index (χ1v) is 6.17. The highest BCUT2D eigenvalue weighted by Crippen LogP contribution is 2.10. The van der Waals surface area contributed by atoms with Gasteiger partial charge in [0.15, 0.2) is 0 Å². The van der Waals surface area contributed by atoms with E-state index in [-0.39, 0.29) is 5.91 Å². The van der Waals surface area contributed by atoms with Crippen molar-refractivity contribution in [1.29, 1.82) is 0 Å². The summed E-state index contributed by atoms with van der Waals surface area (Å²) in [6, 6.07) is 2.22. The van der Waals surface area contributed by atoms with Crippen molar-refractivity contribution < 1.29 is 4.79 Å². The molecule has 0 aliphatic rings. The highest BCUT2D eigenvalue weighted by Gasteiger charge is 2.06. The minimum atomic E-state index is -0.0628. The summed E-state index contributed by atoms with van der Waals surface area (Å²) in [7, 11) is 0. The Labute approximate surface area is 103 Å². The van der Waals surface area contributed by atoms with Gasteiger partial charge in [0.2, 0.25) is 0 Å². The molecule has 1 aromatic heterocycles. The molecule has 0 fully saturated rings. The van der Waals surface area contributed by atoms with Gasteiger partial charge in [-0.1, -0.05) is 13.8 Å². The summed E-state index contributed by atoms with van der Waals surface area (Å²) in [5.74, 6) is -0.0628. The molecule has 94 valence electrons. The van der Waals surface area contributed by atoms with E-state index in [1.807, 2.05) is 13.0 Å². The van der Waals surface area contributed by atoms with E-state index in [2.05, 4.69) is 29.5 Å². The minimum absolute atomic E-state index is 0.0628. The third-order valence-corrected chi connectivity index (χ3v) is 2.56. The molecule has 1 aromatic rings. The first kappa shape index (κ1) is 13.5. The fourth-order valence-electron chi connectivity index (χ4n) is 1.37. The van der Waals surface area contributed by atoms with Gasteiger partial charge in [0.25, 0.3) is 5.91 Å². The summed E-state index contributed by atoms with van der Waals surface area (Å²) in [5, 5.41) is 6.14. The maximum absolute atomic E-state index is 11.7. The van der Waals surface area contributed by atoms with Gasteiger partial charge in [-0.15, -0.1) is 0 Å². The van der Waals surface area contributed by atoms with Gasteiger partial charge in [-0.3, -0.25) is 9.78 Å². The van der Waals surface area contributed by atoms with E-state index in [1.165, 1.54) is 0 Å². The van der Waals surface area contributed by atoms with E-state index in [0.717, 1.165) is 18.5 Å². The van der Waals surface area contributed by atoms with Gasteiger partial charge in [-0.2, -0.15) is 0 Å². The molecule has 4 nitrogen and oxygen atoms in total. The van der Waals surface area contributed by atoms with Crippen LogP contribution in [0.15, 0.2) is 18.5 Å². The van der Waals surface area contributed by atoms with Crippen LogP contribution in [0.25, 0.3) is 0 Å². The zero-order valence-corrected chi connectivity index (χ0v) is 10.8. The van der Waals surface area contributed by atoms with Crippen molar-refractivity contribution in [2.45, 2.75) is 39.7 Å². The average Bonchev–Trinajstić information content (AvgIpc) is 2.36. The van der Waals surface area contributed by atoms with Gasteiger partial charge in [0.05, 0.1) is 11.3 Å². The molecule has 1 rings (SSSR count). The molecule has 1 amide bonds. The summed E-state index contributed by atoms with van der Waals surface area (Å²) < 4.78 is 0. The Morgan fingerprint density at radius 3 is 2.82 bits per heavy atom. The number of nitrogens with one attached hydrogen (secondary N) is 2. The number of carbonyl (C=O) groups excluding carboxylic acids is 1. The van der Waals surface area contributed by atoms with Crippen molar-refractivity contribution in [2.24, 2.45) is 0 Å². The largest absolute Gasteiger partial charge is 0.381 e. The molecule has 1 heterocycles. The predicted molar refractivity (Wildman–Crippen MR) is 70.2 cm³/mol. The number of amides is 1. The zero-order valence-electron chi connectivity index (χ0n) is 10.8. The average molecular weight is 235 g/mol. The summed E-state index contributed by atoms with van der Waals surface area (Å²) in [6.45, 7) is 6.94. The van der Waals surface area contributed by atoms with Crippen LogP contribution in [-0.4, -0.2) is 23.5 Å². The summed E-state index contributed by atoms with van der Waals surface area (Å²) in [6.07, 6.45) is 5.30. The van der Waals surface area contributed by atoms with Crippen molar-refractivity contribution in [2.75, 3.05) is 11.9 Å². The Morgan fingerprint density at radius 1 is 1.41 bits per heavy atom. The SMILES string of the molecule is CCCNC(=O)c1cncc(NC(C)CC)c1. The quantitative estimate of drug-likeness (QED) is 0.796. The Bertz CT molecular complexity index is 365. The lowest BCUT2D eigenvalue weighted by molar-refractivity contribution is 0.0953. The summed E-state index contributed by atoms with van der Waals surface area (Å²) in [5.41, 5.74) is 1.50. The lowest BCUT2D eigenvalue weighted by Gasteiger charge is -2.13. The van der Waals surface area contributed by atoms with Crippen LogP contribution in [0.1, 0.15) is 44.0 Å². The van der Waals surface area contributed by atoms with Crippen LogP contribution in [0, 0.1) is 0 Å². The van der Waals surface area contributed by atoms with E-state index >= 15 is 0 Å². The number of nitrogens with zero attached hydrogens (tertiary/aromatic N) is 1. The Hall–Kier alpha value is -1.58. The molecule has 1 unspecified atom stereocenters. The molecule has 0 aliphatic carbocycles. The minimum Gasteiger partial charge on any atom is -0.381 e. The van der Waals surface area contributed by atoms with E-state index < -0.39 is 0 Å². The third kappa shape index (κ3) is 4.43. The second kappa shape index (κ2) is 6.89. The van der Waals surface area contributed by atoms with E-state index in [1.54, 1.807) is 12.4 Å². The maximum Gasteiger partial charge on any atom is 0.252 e. The maximum atomic E-state index is 11.7. The van der Waals surface area contributed by atoms with Crippen LogP contribution >= 0.6 is 0 Å². The highest BCUT2D eigenvalue weighted by atomic mass is 16.1. The normalized spacial score (nSPS) is 11.9. The number of hydrogen-bond donors (Lipinski definition) is 2. The Kier molecular flexibility index (Phi) is 5.46. The van der Waals surface area contributed by atoms with Crippen molar-refractivity contribution >= 4 is 11.6 Å². The zero-order chi connectivity index (χ0) is 12.7. The Morgan fingerprint density at radius 2 is 2.18 bits per heavy atom. The molecule has 0 spiro atoms. The van der Waals surface area contributed by atoms with E-state index in [0.29, 0.717) is 18.2 Å².